The van der Waals surface area contributed by atoms with E-state index in [1.165, 1.54) is 44.9 Å². The minimum Gasteiger partial charge on any atom is -0.756 e. The summed E-state index contributed by atoms with van der Waals surface area (Å²) in [7, 11) is 1.12. The van der Waals surface area contributed by atoms with E-state index in [1.54, 1.807) is 6.08 Å². The Morgan fingerprint density at radius 1 is 0.493 bits per heavy atom. The Bertz CT molecular complexity index is 1790. The van der Waals surface area contributed by atoms with Crippen LogP contribution in [0.3, 0.4) is 0 Å². The number of phosphoric acid groups is 1. The van der Waals surface area contributed by atoms with Gasteiger partial charge in [0.15, 0.2) is 0 Å². The largest absolute Gasteiger partial charge is 0.756 e. The number of hydrogen-bond acceptors (Lipinski definition) is 7. The van der Waals surface area contributed by atoms with Crippen LogP contribution < -0.4 is 10.2 Å². The summed E-state index contributed by atoms with van der Waals surface area (Å²) in [5, 5.41) is 2.99. The number of hydrogen-bond donors (Lipinski definition) is 1. The molecule has 1 amide bonds. The van der Waals surface area contributed by atoms with E-state index in [9.17, 15) is 19.0 Å². The maximum atomic E-state index is 13.5. The third-order valence-electron chi connectivity index (χ3n) is 11.9. The molecule has 0 radical (unpaired) electrons. The molecule has 1 N–H and O–H groups in total. The SMILES string of the molecule is CC\C=C/C=C/C=C/C=C\C=C\C=C\CCCCCC(=O)OC(/C=C\CCCCCCCCCCC)C(COP(=O)([O-])OCC[N+](C)(C)C)NC(=O)CCCCCCC/C=C\C/C=C\C/C=C\C/C=C\C/C=C\CC. The van der Waals surface area contributed by atoms with Gasteiger partial charge in [-0.15, -0.1) is 0 Å². The minimum atomic E-state index is -4.72. The summed E-state index contributed by atoms with van der Waals surface area (Å²) < 4.78 is 30.2. The fraction of sp³-hybridized carbons (Fsp3) is 0.600. The van der Waals surface area contributed by atoms with Gasteiger partial charge in [-0.25, -0.2) is 0 Å². The standard InChI is InChI=1S/C65H107N2O7P/c1-7-10-13-16-19-22-25-27-29-31-32-33-34-36-37-39-42-45-48-51-54-57-64(68)66-62(61-73-75(70,71)72-60-59-67(4,5)6)63(56-53-50-47-44-41-24-21-18-15-12-9-3)74-65(69)58-55-52-49-46-43-40-38-35-30-28-26-23-20-17-14-11-8-2/h10-11,13-14,17,19-20,22-23,26-30,32-33,35-38,40,43,53,56,62-63H,7-9,12,15-16,18,21,24-25,31,34,39,41-42,44-52,54-55,57-61H2,1-6H3,(H-,66,68,70,71)/b13-10-,14-11-,20-17+,22-19-,26-23+,29-27-,30-28-,33-32-,37-36-,38-35+,43-40+,56-53-. The molecule has 75 heavy (non-hydrogen) atoms. The zero-order chi connectivity index (χ0) is 55.0. The number of carbonyl (C=O) groups is 2. The summed E-state index contributed by atoms with van der Waals surface area (Å²) in [6.45, 7) is 6.49. The first kappa shape index (κ1) is 70.9. The number of phosphoric ester groups is 1. The van der Waals surface area contributed by atoms with E-state index >= 15 is 0 Å². The summed E-state index contributed by atoms with van der Waals surface area (Å²) >= 11 is 0. The van der Waals surface area contributed by atoms with E-state index in [2.05, 4.69) is 99.0 Å². The number of nitrogens with zero attached hydrogens (tertiary/aromatic N) is 1. The molecule has 9 nitrogen and oxygen atoms in total. The molecule has 0 aliphatic rings. The van der Waals surface area contributed by atoms with Crippen molar-refractivity contribution in [2.75, 3.05) is 40.9 Å². The number of quaternary nitrogens is 1. The van der Waals surface area contributed by atoms with Gasteiger partial charge in [-0.05, 0) is 96.0 Å². The zero-order valence-corrected chi connectivity index (χ0v) is 49.1. The van der Waals surface area contributed by atoms with E-state index in [-0.39, 0.29) is 25.4 Å². The maximum Gasteiger partial charge on any atom is 0.306 e. The Morgan fingerprint density at radius 2 is 0.920 bits per heavy atom. The maximum absolute atomic E-state index is 13.5. The Kier molecular flexibility index (Phi) is 50.4. The summed E-state index contributed by atoms with van der Waals surface area (Å²) in [5.74, 6) is -0.630. The average Bonchev–Trinajstić information content (AvgIpc) is 3.37. The van der Waals surface area contributed by atoms with E-state index in [0.717, 1.165) is 109 Å². The summed E-state index contributed by atoms with van der Waals surface area (Å²) in [6.07, 6.45) is 76.7. The van der Waals surface area contributed by atoms with Crippen molar-refractivity contribution >= 4 is 19.7 Å². The van der Waals surface area contributed by atoms with Crippen molar-refractivity contribution in [2.24, 2.45) is 0 Å². The first-order chi connectivity index (χ1) is 36.4. The molecule has 0 saturated carbocycles. The number of allylic oxidation sites excluding steroid dienone is 23. The van der Waals surface area contributed by atoms with Crippen molar-refractivity contribution in [1.82, 2.24) is 5.32 Å². The lowest BCUT2D eigenvalue weighted by Crippen LogP contribution is -2.47. The summed E-state index contributed by atoms with van der Waals surface area (Å²) in [5.41, 5.74) is 0. The highest BCUT2D eigenvalue weighted by molar-refractivity contribution is 7.45. The Labute approximate surface area is 459 Å². The number of rotatable bonds is 50. The van der Waals surface area contributed by atoms with Crippen LogP contribution in [0, 0.1) is 0 Å². The predicted molar refractivity (Wildman–Crippen MR) is 320 cm³/mol. The molecule has 0 aliphatic heterocycles. The predicted octanol–water partition coefficient (Wildman–Crippen LogP) is 17.2. The number of esters is 1. The molecule has 3 unspecified atom stereocenters. The topological polar surface area (TPSA) is 114 Å². The normalized spacial score (nSPS) is 14.8. The third-order valence-corrected chi connectivity index (χ3v) is 12.9. The van der Waals surface area contributed by atoms with Gasteiger partial charge in [0.1, 0.15) is 19.3 Å². The Hall–Kier alpha value is -4.11. The highest BCUT2D eigenvalue weighted by Gasteiger charge is 2.27. The molecule has 0 spiro atoms. The van der Waals surface area contributed by atoms with Crippen LogP contribution in [-0.4, -0.2) is 69.4 Å². The highest BCUT2D eigenvalue weighted by Crippen LogP contribution is 2.38. The molecule has 0 saturated heterocycles. The van der Waals surface area contributed by atoms with Crippen molar-refractivity contribution in [2.45, 2.75) is 213 Å². The van der Waals surface area contributed by atoms with Crippen LogP contribution in [0.4, 0.5) is 0 Å². The Balaban J connectivity index is 5.41. The monoisotopic (exact) mass is 1060 g/mol. The van der Waals surface area contributed by atoms with Gasteiger partial charge in [-0.2, -0.15) is 0 Å². The smallest absolute Gasteiger partial charge is 0.306 e. The van der Waals surface area contributed by atoms with Gasteiger partial charge in [0.05, 0.1) is 33.8 Å². The molecular formula is C65H107N2O7P. The van der Waals surface area contributed by atoms with Gasteiger partial charge in [-0.3, -0.25) is 14.2 Å². The van der Waals surface area contributed by atoms with Crippen molar-refractivity contribution in [3.05, 3.63) is 146 Å². The Morgan fingerprint density at radius 3 is 1.45 bits per heavy atom. The fourth-order valence-electron chi connectivity index (χ4n) is 7.46. The fourth-order valence-corrected chi connectivity index (χ4v) is 8.18. The lowest BCUT2D eigenvalue weighted by Gasteiger charge is -2.30. The molecule has 0 aromatic rings. The highest BCUT2D eigenvalue weighted by atomic mass is 31.2. The van der Waals surface area contributed by atoms with Crippen LogP contribution in [0.15, 0.2) is 146 Å². The molecule has 0 bridgehead atoms. The number of unbranched alkanes of at least 4 members (excludes halogenated alkanes) is 17. The van der Waals surface area contributed by atoms with Crippen molar-refractivity contribution < 1.29 is 37.3 Å². The molecule has 0 fully saturated rings. The van der Waals surface area contributed by atoms with E-state index < -0.39 is 32.5 Å². The molecule has 0 aromatic carbocycles. The first-order valence-corrected chi connectivity index (χ1v) is 30.7. The summed E-state index contributed by atoms with van der Waals surface area (Å²) in [4.78, 5) is 39.9. The van der Waals surface area contributed by atoms with Crippen molar-refractivity contribution in [3.63, 3.8) is 0 Å². The second-order valence-electron chi connectivity index (χ2n) is 20.2. The van der Waals surface area contributed by atoms with Gasteiger partial charge in [0, 0.05) is 12.8 Å². The van der Waals surface area contributed by atoms with Gasteiger partial charge < -0.3 is 28.5 Å². The molecular weight excluding hydrogens is 952 g/mol. The molecule has 0 aromatic heterocycles. The van der Waals surface area contributed by atoms with Crippen LogP contribution >= 0.6 is 7.82 Å². The third kappa shape index (κ3) is 54.5. The van der Waals surface area contributed by atoms with Gasteiger partial charge in [0.2, 0.25) is 5.91 Å². The van der Waals surface area contributed by atoms with Crippen LogP contribution in [-0.2, 0) is 27.9 Å². The molecule has 10 heteroatoms. The van der Waals surface area contributed by atoms with E-state index in [4.69, 9.17) is 13.8 Å². The van der Waals surface area contributed by atoms with Crippen LogP contribution in [0.2, 0.25) is 0 Å². The molecule has 0 heterocycles. The molecule has 0 rings (SSSR count). The van der Waals surface area contributed by atoms with E-state index in [1.807, 2.05) is 88.0 Å². The number of likely N-dealkylation sites (N-methyl/N-ethyl adjacent to an activating group) is 1. The molecule has 3 atom stereocenters. The van der Waals surface area contributed by atoms with Crippen molar-refractivity contribution in [3.8, 4) is 0 Å². The lowest BCUT2D eigenvalue weighted by atomic mass is 10.1. The van der Waals surface area contributed by atoms with Gasteiger partial charge >= 0.3 is 5.97 Å². The molecule has 0 aliphatic carbocycles. The lowest BCUT2D eigenvalue weighted by molar-refractivity contribution is -0.870. The van der Waals surface area contributed by atoms with Crippen molar-refractivity contribution in [1.29, 1.82) is 0 Å². The number of carbonyl (C=O) groups excluding carboxylic acids is 2. The zero-order valence-electron chi connectivity index (χ0n) is 48.2. The van der Waals surface area contributed by atoms with E-state index in [0.29, 0.717) is 23.9 Å². The van der Waals surface area contributed by atoms with Crippen LogP contribution in [0.25, 0.3) is 0 Å². The van der Waals surface area contributed by atoms with Gasteiger partial charge in [0.25, 0.3) is 7.82 Å². The second kappa shape index (κ2) is 53.3. The minimum absolute atomic E-state index is 0.0433. The number of nitrogens with one attached hydrogen (secondary N) is 1. The number of ether oxygens (including phenoxy) is 1. The summed E-state index contributed by atoms with van der Waals surface area (Å²) in [6, 6.07) is -0.928. The number of amides is 1. The van der Waals surface area contributed by atoms with Gasteiger partial charge in [-0.1, -0.05) is 238 Å². The quantitative estimate of drug-likeness (QED) is 0.0161. The van der Waals surface area contributed by atoms with Crippen LogP contribution in [0.1, 0.15) is 201 Å². The molecule has 424 valence electrons. The average molecular weight is 1060 g/mol. The first-order valence-electron chi connectivity index (χ1n) is 29.2. The second-order valence-corrected chi connectivity index (χ2v) is 21.6. The van der Waals surface area contributed by atoms with Crippen LogP contribution in [0.5, 0.6) is 0 Å².